The van der Waals surface area contributed by atoms with E-state index < -0.39 is 11.7 Å². The van der Waals surface area contributed by atoms with Gasteiger partial charge in [-0.15, -0.1) is 0 Å². The van der Waals surface area contributed by atoms with Gasteiger partial charge in [-0.05, 0) is 73.1 Å². The lowest BCUT2D eigenvalue weighted by molar-refractivity contribution is -0.137. The molecule has 2 saturated carbocycles. The molecular weight excluding hydrogens is 411 g/mol. The molecule has 2 aliphatic rings. The van der Waals surface area contributed by atoms with Gasteiger partial charge in [0.1, 0.15) is 0 Å². The summed E-state index contributed by atoms with van der Waals surface area (Å²) in [7, 11) is 0. The summed E-state index contributed by atoms with van der Waals surface area (Å²) in [6.45, 7) is 5.56. The first-order valence-electron chi connectivity index (χ1n) is 11.6. The van der Waals surface area contributed by atoms with E-state index in [-0.39, 0.29) is 17.7 Å². The Bertz CT molecular complexity index is 889. The summed E-state index contributed by atoms with van der Waals surface area (Å²) in [5.74, 6) is 1.36. The SMILES string of the molecule is C=C(O)C[C@@H]1CC[C@@H](N(Cc2ccccc2)CC2CC2)[C@H](c2ccc(C(F)(F)F)cc2)C1. The third-order valence-corrected chi connectivity index (χ3v) is 7.00. The molecule has 0 aromatic heterocycles. The van der Waals surface area contributed by atoms with Crippen molar-refractivity contribution in [3.8, 4) is 0 Å². The lowest BCUT2D eigenvalue weighted by Gasteiger charge is -2.43. The molecule has 2 aliphatic carbocycles. The molecule has 1 N–H and O–H groups in total. The van der Waals surface area contributed by atoms with Crippen LogP contribution in [0.15, 0.2) is 66.9 Å². The average Bonchev–Trinajstić information content (AvgIpc) is 3.57. The Morgan fingerprint density at radius 1 is 0.938 bits per heavy atom. The van der Waals surface area contributed by atoms with Crippen molar-refractivity contribution in [3.05, 3.63) is 83.6 Å². The zero-order chi connectivity index (χ0) is 22.7. The Morgan fingerprint density at radius 2 is 1.59 bits per heavy atom. The van der Waals surface area contributed by atoms with Crippen molar-refractivity contribution >= 4 is 0 Å². The Morgan fingerprint density at radius 3 is 2.19 bits per heavy atom. The van der Waals surface area contributed by atoms with E-state index >= 15 is 0 Å². The molecule has 0 radical (unpaired) electrons. The first kappa shape index (κ1) is 22.9. The Hall–Kier alpha value is -2.27. The number of nitrogens with zero attached hydrogens (tertiary/aromatic N) is 1. The molecule has 0 heterocycles. The first-order valence-corrected chi connectivity index (χ1v) is 11.6. The van der Waals surface area contributed by atoms with E-state index in [9.17, 15) is 18.3 Å². The minimum atomic E-state index is -4.33. The second-order valence-corrected chi connectivity index (χ2v) is 9.60. The summed E-state index contributed by atoms with van der Waals surface area (Å²) in [5, 5.41) is 9.75. The van der Waals surface area contributed by atoms with Gasteiger partial charge in [-0.1, -0.05) is 49.0 Å². The number of aliphatic hydroxyl groups is 1. The minimum Gasteiger partial charge on any atom is -0.513 e. The van der Waals surface area contributed by atoms with Gasteiger partial charge in [0.05, 0.1) is 11.3 Å². The number of halogens is 3. The fourth-order valence-corrected chi connectivity index (χ4v) is 5.24. The second-order valence-electron chi connectivity index (χ2n) is 9.60. The zero-order valence-corrected chi connectivity index (χ0v) is 18.4. The average molecular weight is 444 g/mol. The van der Waals surface area contributed by atoms with Crippen LogP contribution in [0.2, 0.25) is 0 Å². The van der Waals surface area contributed by atoms with Crippen molar-refractivity contribution in [2.45, 2.75) is 63.2 Å². The van der Waals surface area contributed by atoms with Gasteiger partial charge in [-0.2, -0.15) is 13.2 Å². The van der Waals surface area contributed by atoms with Gasteiger partial charge in [0.25, 0.3) is 0 Å². The highest BCUT2D eigenvalue weighted by Gasteiger charge is 2.38. The molecule has 2 nitrogen and oxygen atoms in total. The number of aliphatic hydroxyl groups excluding tert-OH is 1. The van der Waals surface area contributed by atoms with Crippen molar-refractivity contribution in [2.24, 2.45) is 11.8 Å². The van der Waals surface area contributed by atoms with Crippen molar-refractivity contribution in [3.63, 3.8) is 0 Å². The quantitative estimate of drug-likeness (QED) is 0.432. The molecule has 2 aromatic rings. The molecule has 5 heteroatoms. The summed E-state index contributed by atoms with van der Waals surface area (Å²) < 4.78 is 39.4. The molecule has 4 rings (SSSR count). The van der Waals surface area contributed by atoms with Crippen LogP contribution in [-0.4, -0.2) is 22.6 Å². The van der Waals surface area contributed by atoms with E-state index in [1.165, 1.54) is 30.5 Å². The fraction of sp³-hybridized carbons (Fsp3) is 0.481. The molecule has 32 heavy (non-hydrogen) atoms. The van der Waals surface area contributed by atoms with Crippen LogP contribution in [0.3, 0.4) is 0 Å². The van der Waals surface area contributed by atoms with E-state index in [4.69, 9.17) is 0 Å². The third-order valence-electron chi connectivity index (χ3n) is 7.00. The standard InChI is InChI=1S/C27H32F3NO/c1-19(32)15-22-9-14-26(25(16-22)23-10-12-24(13-11-23)27(28,29)30)31(18-21-7-8-21)17-20-5-3-2-4-6-20/h2-6,10-13,21-22,25-26,32H,1,7-9,14-18H2/t22-,25-,26+/m0/s1. The van der Waals surface area contributed by atoms with Gasteiger partial charge in [0, 0.05) is 25.6 Å². The van der Waals surface area contributed by atoms with Crippen LogP contribution in [0.5, 0.6) is 0 Å². The molecule has 0 bridgehead atoms. The number of rotatable bonds is 8. The predicted molar refractivity (Wildman–Crippen MR) is 121 cm³/mol. The summed E-state index contributed by atoms with van der Waals surface area (Å²) in [6, 6.07) is 16.4. The topological polar surface area (TPSA) is 23.5 Å². The van der Waals surface area contributed by atoms with Gasteiger partial charge in [0.15, 0.2) is 0 Å². The molecule has 0 amide bonds. The van der Waals surface area contributed by atoms with Crippen molar-refractivity contribution in [1.29, 1.82) is 0 Å². The summed E-state index contributed by atoms with van der Waals surface area (Å²) in [5.41, 5.74) is 1.63. The van der Waals surface area contributed by atoms with Crippen LogP contribution in [0.25, 0.3) is 0 Å². The van der Waals surface area contributed by atoms with E-state index in [2.05, 4.69) is 35.7 Å². The van der Waals surface area contributed by atoms with Crippen LogP contribution in [0, 0.1) is 11.8 Å². The Balaban J connectivity index is 1.61. The molecular formula is C27H32F3NO. The molecule has 3 atom stereocenters. The van der Waals surface area contributed by atoms with Crippen LogP contribution in [-0.2, 0) is 12.7 Å². The highest BCUT2D eigenvalue weighted by atomic mass is 19.4. The lowest BCUT2D eigenvalue weighted by atomic mass is 9.72. The Kier molecular flexibility index (Phi) is 6.94. The Labute approximate surface area is 188 Å². The highest BCUT2D eigenvalue weighted by Crippen LogP contribution is 2.43. The summed E-state index contributed by atoms with van der Waals surface area (Å²) >= 11 is 0. The van der Waals surface area contributed by atoms with Crippen LogP contribution in [0.4, 0.5) is 13.2 Å². The smallest absolute Gasteiger partial charge is 0.416 e. The van der Waals surface area contributed by atoms with Crippen molar-refractivity contribution < 1.29 is 18.3 Å². The predicted octanol–water partition coefficient (Wildman–Crippen LogP) is 7.33. The molecule has 0 spiro atoms. The van der Waals surface area contributed by atoms with Crippen molar-refractivity contribution in [2.75, 3.05) is 6.54 Å². The van der Waals surface area contributed by atoms with E-state index in [0.717, 1.165) is 43.8 Å². The highest BCUT2D eigenvalue weighted by molar-refractivity contribution is 5.29. The van der Waals surface area contributed by atoms with Crippen LogP contribution >= 0.6 is 0 Å². The van der Waals surface area contributed by atoms with Crippen molar-refractivity contribution in [1.82, 2.24) is 4.90 Å². The van der Waals surface area contributed by atoms with Crippen LogP contribution in [0.1, 0.15) is 61.1 Å². The van der Waals surface area contributed by atoms with Gasteiger partial charge in [0.2, 0.25) is 0 Å². The van der Waals surface area contributed by atoms with Gasteiger partial charge < -0.3 is 5.11 Å². The maximum absolute atomic E-state index is 13.1. The molecule has 2 aromatic carbocycles. The van der Waals surface area contributed by atoms with Crippen LogP contribution < -0.4 is 0 Å². The normalized spacial score (nSPS) is 23.9. The number of hydrogen-bond acceptors (Lipinski definition) is 2. The number of allylic oxidation sites excluding steroid dienone is 1. The second kappa shape index (κ2) is 9.70. The molecule has 172 valence electrons. The summed E-state index contributed by atoms with van der Waals surface area (Å²) in [6.07, 6.45) is 1.58. The van der Waals surface area contributed by atoms with E-state index in [1.807, 2.05) is 6.07 Å². The number of hydrogen-bond donors (Lipinski definition) is 1. The largest absolute Gasteiger partial charge is 0.513 e. The molecule has 0 saturated heterocycles. The maximum Gasteiger partial charge on any atom is 0.416 e. The monoisotopic (exact) mass is 443 g/mol. The first-order chi connectivity index (χ1) is 15.3. The van der Waals surface area contributed by atoms with Gasteiger partial charge >= 0.3 is 6.18 Å². The van der Waals surface area contributed by atoms with E-state index in [0.29, 0.717) is 12.3 Å². The van der Waals surface area contributed by atoms with Gasteiger partial charge in [-0.25, -0.2) is 0 Å². The molecule has 0 unspecified atom stereocenters. The minimum absolute atomic E-state index is 0.137. The molecule has 2 fully saturated rings. The number of alkyl halides is 3. The lowest BCUT2D eigenvalue weighted by Crippen LogP contribution is -2.43. The number of benzene rings is 2. The summed E-state index contributed by atoms with van der Waals surface area (Å²) in [4.78, 5) is 2.57. The maximum atomic E-state index is 13.1. The fourth-order valence-electron chi connectivity index (χ4n) is 5.24. The third kappa shape index (κ3) is 5.94. The van der Waals surface area contributed by atoms with Gasteiger partial charge in [-0.3, -0.25) is 4.90 Å². The molecule has 0 aliphatic heterocycles. The van der Waals surface area contributed by atoms with E-state index in [1.54, 1.807) is 12.1 Å². The zero-order valence-electron chi connectivity index (χ0n) is 18.4.